The fourth-order valence-corrected chi connectivity index (χ4v) is 2.14. The molecule has 0 saturated carbocycles. The third kappa shape index (κ3) is 2.14. The number of anilines is 1. The number of carbonyl (C=O) groups excluding carboxylic acids is 1. The molecule has 2 aromatic heterocycles. The highest BCUT2D eigenvalue weighted by Crippen LogP contribution is 2.26. The van der Waals surface area contributed by atoms with E-state index in [2.05, 4.69) is 19.9 Å². The Balaban J connectivity index is 2.32. The van der Waals surface area contributed by atoms with E-state index in [9.17, 15) is 9.59 Å². The minimum Gasteiger partial charge on any atom is -0.464 e. The van der Waals surface area contributed by atoms with Gasteiger partial charge >= 0.3 is 5.97 Å². The highest BCUT2D eigenvalue weighted by Gasteiger charge is 2.16. The molecule has 0 amide bonds. The first kappa shape index (κ1) is 12.9. The number of methoxy groups -OCH3 is 1. The zero-order valence-corrected chi connectivity index (χ0v) is 11.1. The van der Waals surface area contributed by atoms with E-state index in [1.165, 1.54) is 13.2 Å². The van der Waals surface area contributed by atoms with Crippen LogP contribution in [0.4, 0.5) is 5.69 Å². The number of nitrogens with one attached hydrogen (secondary N) is 2. The predicted octanol–water partition coefficient (Wildman–Crippen LogP) is 1.29. The van der Waals surface area contributed by atoms with Gasteiger partial charge in [-0.3, -0.25) is 15.0 Å². The molecule has 0 aliphatic carbocycles. The van der Waals surface area contributed by atoms with E-state index in [1.807, 2.05) is 0 Å². The second-order valence-corrected chi connectivity index (χ2v) is 4.47. The zero-order chi connectivity index (χ0) is 15.0. The molecule has 3 aromatic rings. The summed E-state index contributed by atoms with van der Waals surface area (Å²) in [6, 6.07) is 8.53. The maximum atomic E-state index is 11.9. The SMILES string of the molecule is COC(=O)c1cc(-c2ccc(N)cc2)c2c(=O)[nH][nH]c2n1. The topological polar surface area (TPSA) is 114 Å². The van der Waals surface area contributed by atoms with Crippen molar-refractivity contribution in [1.82, 2.24) is 15.2 Å². The van der Waals surface area contributed by atoms with E-state index in [0.717, 1.165) is 5.56 Å². The Kier molecular flexibility index (Phi) is 2.94. The number of ether oxygens (including phenoxy) is 1. The fourth-order valence-electron chi connectivity index (χ4n) is 2.14. The van der Waals surface area contributed by atoms with Crippen molar-refractivity contribution >= 4 is 22.7 Å². The molecule has 0 fully saturated rings. The van der Waals surface area contributed by atoms with Crippen LogP contribution in [0.3, 0.4) is 0 Å². The summed E-state index contributed by atoms with van der Waals surface area (Å²) in [5.74, 6) is -0.573. The van der Waals surface area contributed by atoms with Crippen LogP contribution < -0.4 is 11.3 Å². The van der Waals surface area contributed by atoms with Crippen molar-refractivity contribution in [3.63, 3.8) is 0 Å². The van der Waals surface area contributed by atoms with Crippen LogP contribution in [-0.2, 0) is 4.74 Å². The monoisotopic (exact) mass is 284 g/mol. The van der Waals surface area contributed by atoms with Crippen LogP contribution in [0.25, 0.3) is 22.2 Å². The number of nitrogen functional groups attached to an aromatic ring is 1. The summed E-state index contributed by atoms with van der Waals surface area (Å²) in [5.41, 5.74) is 7.73. The number of benzene rings is 1. The van der Waals surface area contributed by atoms with Crippen molar-refractivity contribution in [3.8, 4) is 11.1 Å². The molecule has 0 saturated heterocycles. The molecule has 0 bridgehead atoms. The molecular weight excluding hydrogens is 272 g/mol. The largest absolute Gasteiger partial charge is 0.464 e. The second kappa shape index (κ2) is 4.78. The Morgan fingerprint density at radius 2 is 1.95 bits per heavy atom. The summed E-state index contributed by atoms with van der Waals surface area (Å²) >= 11 is 0. The first-order valence-corrected chi connectivity index (χ1v) is 6.16. The van der Waals surface area contributed by atoms with Crippen LogP contribution in [-0.4, -0.2) is 28.3 Å². The number of nitrogens with two attached hydrogens (primary N) is 1. The Morgan fingerprint density at radius 3 is 2.62 bits per heavy atom. The lowest BCUT2D eigenvalue weighted by Gasteiger charge is -2.06. The number of carbonyl (C=O) groups is 1. The minimum atomic E-state index is -0.573. The smallest absolute Gasteiger partial charge is 0.356 e. The minimum absolute atomic E-state index is 0.118. The van der Waals surface area contributed by atoms with Crippen molar-refractivity contribution in [3.05, 3.63) is 46.4 Å². The zero-order valence-electron chi connectivity index (χ0n) is 11.1. The van der Waals surface area contributed by atoms with Gasteiger partial charge in [0.15, 0.2) is 11.3 Å². The number of pyridine rings is 1. The summed E-state index contributed by atoms with van der Waals surface area (Å²) in [5, 5.41) is 5.49. The molecule has 0 spiro atoms. The van der Waals surface area contributed by atoms with Crippen LogP contribution in [0.1, 0.15) is 10.5 Å². The molecule has 21 heavy (non-hydrogen) atoms. The van der Waals surface area contributed by atoms with Crippen molar-refractivity contribution in [1.29, 1.82) is 0 Å². The van der Waals surface area contributed by atoms with Gasteiger partial charge in [-0.05, 0) is 23.8 Å². The summed E-state index contributed by atoms with van der Waals surface area (Å²) in [6.07, 6.45) is 0. The van der Waals surface area contributed by atoms with Gasteiger partial charge in [-0.25, -0.2) is 9.78 Å². The maximum absolute atomic E-state index is 11.9. The van der Waals surface area contributed by atoms with Gasteiger partial charge in [-0.1, -0.05) is 12.1 Å². The van der Waals surface area contributed by atoms with E-state index >= 15 is 0 Å². The van der Waals surface area contributed by atoms with Gasteiger partial charge in [0.2, 0.25) is 0 Å². The molecular formula is C14H12N4O3. The standard InChI is InChI=1S/C14H12N4O3/c1-21-14(20)10-6-9(7-2-4-8(15)5-3-7)11-12(16-10)17-18-13(11)19/h2-6H,15H2,1H3,(H2,16,17,18,19). The molecule has 4 N–H and O–H groups in total. The Morgan fingerprint density at radius 1 is 1.24 bits per heavy atom. The highest BCUT2D eigenvalue weighted by atomic mass is 16.5. The normalized spacial score (nSPS) is 10.7. The summed E-state index contributed by atoms with van der Waals surface area (Å²) in [6.45, 7) is 0. The molecule has 0 unspecified atom stereocenters. The van der Waals surface area contributed by atoms with Gasteiger partial charge in [-0.15, -0.1) is 0 Å². The molecule has 0 aliphatic rings. The van der Waals surface area contributed by atoms with Gasteiger partial charge < -0.3 is 10.5 Å². The third-order valence-corrected chi connectivity index (χ3v) is 3.16. The van der Waals surface area contributed by atoms with E-state index < -0.39 is 5.97 Å². The maximum Gasteiger partial charge on any atom is 0.356 e. The van der Waals surface area contributed by atoms with Crippen molar-refractivity contribution in [2.24, 2.45) is 0 Å². The van der Waals surface area contributed by atoms with Crippen LogP contribution in [0, 0.1) is 0 Å². The molecule has 0 atom stereocenters. The van der Waals surface area contributed by atoms with E-state index in [0.29, 0.717) is 22.3 Å². The Hall–Kier alpha value is -3.09. The van der Waals surface area contributed by atoms with Gasteiger partial charge in [0.1, 0.15) is 0 Å². The van der Waals surface area contributed by atoms with Crippen molar-refractivity contribution in [2.75, 3.05) is 12.8 Å². The summed E-state index contributed by atoms with van der Waals surface area (Å²) in [4.78, 5) is 27.7. The number of rotatable bonds is 2. The van der Waals surface area contributed by atoms with Crippen molar-refractivity contribution in [2.45, 2.75) is 0 Å². The fraction of sp³-hybridized carbons (Fsp3) is 0.0714. The number of nitrogens with zero attached hydrogens (tertiary/aromatic N) is 1. The van der Waals surface area contributed by atoms with Gasteiger partial charge in [-0.2, -0.15) is 0 Å². The van der Waals surface area contributed by atoms with Gasteiger partial charge in [0.25, 0.3) is 5.56 Å². The number of aromatic nitrogens is 3. The van der Waals surface area contributed by atoms with E-state index in [-0.39, 0.29) is 11.3 Å². The van der Waals surface area contributed by atoms with Crippen molar-refractivity contribution < 1.29 is 9.53 Å². The summed E-state index contributed by atoms with van der Waals surface area (Å²) in [7, 11) is 1.27. The van der Waals surface area contributed by atoms with Crippen LogP contribution in [0.2, 0.25) is 0 Å². The molecule has 106 valence electrons. The molecule has 3 rings (SSSR count). The number of esters is 1. The first-order valence-electron chi connectivity index (χ1n) is 6.16. The highest BCUT2D eigenvalue weighted by molar-refractivity contribution is 5.98. The van der Waals surface area contributed by atoms with Gasteiger partial charge in [0, 0.05) is 11.3 Å². The van der Waals surface area contributed by atoms with Crippen LogP contribution in [0.15, 0.2) is 35.1 Å². The molecule has 0 aliphatic heterocycles. The number of H-pyrrole nitrogens is 2. The second-order valence-electron chi connectivity index (χ2n) is 4.47. The van der Waals surface area contributed by atoms with Crippen LogP contribution in [0.5, 0.6) is 0 Å². The predicted molar refractivity (Wildman–Crippen MR) is 77.9 cm³/mol. The lowest BCUT2D eigenvalue weighted by Crippen LogP contribution is -2.06. The van der Waals surface area contributed by atoms with E-state index in [4.69, 9.17) is 5.73 Å². The summed E-state index contributed by atoms with van der Waals surface area (Å²) < 4.78 is 4.68. The molecule has 1 aromatic carbocycles. The molecule has 2 heterocycles. The van der Waals surface area contributed by atoms with Gasteiger partial charge in [0.05, 0.1) is 12.5 Å². The lowest BCUT2D eigenvalue weighted by atomic mass is 10.0. The number of aromatic amines is 2. The first-order chi connectivity index (χ1) is 10.1. The number of fused-ring (bicyclic) bond motifs is 1. The van der Waals surface area contributed by atoms with E-state index in [1.54, 1.807) is 24.3 Å². The average Bonchev–Trinajstić information content (AvgIpc) is 2.88. The number of hydrogen-bond acceptors (Lipinski definition) is 5. The third-order valence-electron chi connectivity index (χ3n) is 3.16. The number of hydrogen-bond donors (Lipinski definition) is 3. The average molecular weight is 284 g/mol. The Bertz CT molecular complexity index is 877. The lowest BCUT2D eigenvalue weighted by molar-refractivity contribution is 0.0594. The van der Waals surface area contributed by atoms with Crippen LogP contribution >= 0.6 is 0 Å². The molecule has 0 radical (unpaired) electrons. The quantitative estimate of drug-likeness (QED) is 0.484. The molecule has 7 nitrogen and oxygen atoms in total. The Labute approximate surface area is 118 Å². The molecule has 7 heteroatoms.